The molecule has 0 spiro atoms. The molecule has 92 valence electrons. The molecule has 1 atom stereocenters. The maximum Gasteiger partial charge on any atom is 0.0644 e. The molecule has 1 unspecified atom stereocenters. The Kier molecular flexibility index (Phi) is 4.50. The van der Waals surface area contributed by atoms with Gasteiger partial charge in [0.1, 0.15) is 0 Å². The van der Waals surface area contributed by atoms with Crippen molar-refractivity contribution in [1.29, 1.82) is 0 Å². The number of aryl methyl sites for hydroxylation is 2. The fourth-order valence-electron chi connectivity index (χ4n) is 2.15. The number of nitrogens with two attached hydrogens (primary N) is 1. The molecular weight excluding hydrogens is 200 g/mol. The van der Waals surface area contributed by atoms with E-state index in [-0.39, 0.29) is 0 Å². The van der Waals surface area contributed by atoms with Crippen LogP contribution in [0.5, 0.6) is 0 Å². The molecule has 1 heterocycles. The Morgan fingerprint density at radius 2 is 2.06 bits per heavy atom. The lowest BCUT2D eigenvalue weighted by Gasteiger charge is -2.25. The van der Waals surface area contributed by atoms with Gasteiger partial charge in [-0.2, -0.15) is 5.10 Å². The van der Waals surface area contributed by atoms with Crippen LogP contribution in [0.4, 0.5) is 0 Å². The zero-order valence-corrected chi connectivity index (χ0v) is 11.1. The van der Waals surface area contributed by atoms with Crippen molar-refractivity contribution in [2.45, 2.75) is 33.2 Å². The second-order valence-electron chi connectivity index (χ2n) is 4.51. The van der Waals surface area contributed by atoms with Crippen LogP contribution in [0.1, 0.15) is 36.3 Å². The lowest BCUT2D eigenvalue weighted by Crippen LogP contribution is -2.26. The summed E-state index contributed by atoms with van der Waals surface area (Å²) >= 11 is 0. The quantitative estimate of drug-likeness (QED) is 0.822. The molecule has 1 aromatic rings. The highest BCUT2D eigenvalue weighted by Crippen LogP contribution is 2.24. The highest BCUT2D eigenvalue weighted by atomic mass is 15.3. The van der Waals surface area contributed by atoms with Crippen LogP contribution in [0.15, 0.2) is 0 Å². The molecule has 1 aromatic heterocycles. The van der Waals surface area contributed by atoms with Crippen LogP contribution in [-0.2, 0) is 7.05 Å². The first kappa shape index (κ1) is 13.2. The number of hydrogen-bond donors (Lipinski definition) is 1. The van der Waals surface area contributed by atoms with Crippen molar-refractivity contribution < 1.29 is 0 Å². The van der Waals surface area contributed by atoms with Gasteiger partial charge >= 0.3 is 0 Å². The molecule has 0 aromatic carbocycles. The van der Waals surface area contributed by atoms with Crippen LogP contribution >= 0.6 is 0 Å². The highest BCUT2D eigenvalue weighted by molar-refractivity contribution is 5.27. The molecule has 0 saturated carbocycles. The van der Waals surface area contributed by atoms with Crippen molar-refractivity contribution in [2.24, 2.45) is 12.8 Å². The molecule has 0 radical (unpaired) electrons. The molecule has 0 amide bonds. The van der Waals surface area contributed by atoms with Crippen molar-refractivity contribution in [3.8, 4) is 0 Å². The van der Waals surface area contributed by atoms with Gasteiger partial charge in [0.15, 0.2) is 0 Å². The minimum absolute atomic E-state index is 0.403. The van der Waals surface area contributed by atoms with E-state index < -0.39 is 0 Å². The Hall–Kier alpha value is -0.870. The molecular formula is C12H24N4. The van der Waals surface area contributed by atoms with Crippen LogP contribution in [0, 0.1) is 13.8 Å². The third kappa shape index (κ3) is 2.62. The summed E-state index contributed by atoms with van der Waals surface area (Å²) in [6, 6.07) is 0.403. The SMILES string of the molecule is Cc1nn(C)c(C)c1C(C)N(C)CCCN. The van der Waals surface area contributed by atoms with Gasteiger partial charge in [-0.15, -0.1) is 0 Å². The van der Waals surface area contributed by atoms with E-state index in [4.69, 9.17) is 5.73 Å². The maximum atomic E-state index is 5.54. The summed E-state index contributed by atoms with van der Waals surface area (Å²) in [4.78, 5) is 2.34. The zero-order valence-electron chi connectivity index (χ0n) is 11.1. The van der Waals surface area contributed by atoms with Crippen molar-refractivity contribution >= 4 is 0 Å². The van der Waals surface area contributed by atoms with E-state index in [1.54, 1.807) is 0 Å². The molecule has 0 bridgehead atoms. The average Bonchev–Trinajstić information content (AvgIpc) is 2.49. The lowest BCUT2D eigenvalue weighted by atomic mass is 10.1. The van der Waals surface area contributed by atoms with Crippen LogP contribution in [-0.4, -0.2) is 34.8 Å². The summed E-state index contributed by atoms with van der Waals surface area (Å²) in [6.07, 6.45) is 1.04. The Morgan fingerprint density at radius 3 is 2.50 bits per heavy atom. The fourth-order valence-corrected chi connectivity index (χ4v) is 2.15. The largest absolute Gasteiger partial charge is 0.330 e. The topological polar surface area (TPSA) is 47.1 Å². The molecule has 0 saturated heterocycles. The first-order valence-corrected chi connectivity index (χ1v) is 5.89. The second-order valence-corrected chi connectivity index (χ2v) is 4.51. The second kappa shape index (κ2) is 5.46. The molecule has 1 rings (SSSR count). The molecule has 0 aliphatic rings. The van der Waals surface area contributed by atoms with E-state index in [0.717, 1.165) is 25.2 Å². The van der Waals surface area contributed by atoms with E-state index in [0.29, 0.717) is 6.04 Å². The van der Waals surface area contributed by atoms with Crippen molar-refractivity contribution in [3.05, 3.63) is 17.0 Å². The van der Waals surface area contributed by atoms with E-state index >= 15 is 0 Å². The molecule has 16 heavy (non-hydrogen) atoms. The van der Waals surface area contributed by atoms with E-state index in [1.807, 2.05) is 11.7 Å². The number of nitrogens with zero attached hydrogens (tertiary/aromatic N) is 3. The first-order valence-electron chi connectivity index (χ1n) is 5.89. The van der Waals surface area contributed by atoms with Gasteiger partial charge in [-0.1, -0.05) is 0 Å². The Balaban J connectivity index is 2.82. The predicted molar refractivity (Wildman–Crippen MR) is 67.4 cm³/mol. The minimum Gasteiger partial charge on any atom is -0.330 e. The molecule has 4 nitrogen and oxygen atoms in total. The highest BCUT2D eigenvalue weighted by Gasteiger charge is 2.19. The van der Waals surface area contributed by atoms with Crippen molar-refractivity contribution in [1.82, 2.24) is 14.7 Å². The van der Waals surface area contributed by atoms with Crippen LogP contribution in [0.3, 0.4) is 0 Å². The monoisotopic (exact) mass is 224 g/mol. The van der Waals surface area contributed by atoms with Gasteiger partial charge in [-0.3, -0.25) is 9.58 Å². The smallest absolute Gasteiger partial charge is 0.0644 e. The Bertz CT molecular complexity index is 343. The third-order valence-corrected chi connectivity index (χ3v) is 3.36. The fraction of sp³-hybridized carbons (Fsp3) is 0.750. The standard InChI is InChI=1S/C12H24N4/c1-9-12(11(3)16(5)14-9)10(2)15(4)8-6-7-13/h10H,6-8,13H2,1-5H3. The summed E-state index contributed by atoms with van der Waals surface area (Å²) in [6.45, 7) is 8.22. The van der Waals surface area contributed by atoms with Gasteiger partial charge in [0, 0.05) is 24.3 Å². The molecule has 0 aliphatic heterocycles. The van der Waals surface area contributed by atoms with Crippen molar-refractivity contribution in [2.75, 3.05) is 20.1 Å². The summed E-state index contributed by atoms with van der Waals surface area (Å²) in [5, 5.41) is 4.46. The summed E-state index contributed by atoms with van der Waals surface area (Å²) < 4.78 is 1.96. The average molecular weight is 224 g/mol. The van der Waals surface area contributed by atoms with Crippen LogP contribution < -0.4 is 5.73 Å². The van der Waals surface area contributed by atoms with Gasteiger partial charge in [-0.05, 0) is 47.3 Å². The van der Waals surface area contributed by atoms with Crippen LogP contribution in [0.2, 0.25) is 0 Å². The molecule has 0 fully saturated rings. The minimum atomic E-state index is 0.403. The zero-order chi connectivity index (χ0) is 12.3. The third-order valence-electron chi connectivity index (χ3n) is 3.36. The summed E-state index contributed by atoms with van der Waals surface area (Å²) in [5.41, 5.74) is 9.27. The molecule has 0 aliphatic carbocycles. The van der Waals surface area contributed by atoms with Gasteiger partial charge in [0.05, 0.1) is 5.69 Å². The summed E-state index contributed by atoms with van der Waals surface area (Å²) in [5.74, 6) is 0. The Labute approximate surface area is 98.4 Å². The lowest BCUT2D eigenvalue weighted by molar-refractivity contribution is 0.258. The van der Waals surface area contributed by atoms with Gasteiger partial charge in [0.25, 0.3) is 0 Å². The first-order chi connectivity index (χ1) is 7.49. The Morgan fingerprint density at radius 1 is 1.44 bits per heavy atom. The van der Waals surface area contributed by atoms with Crippen LogP contribution in [0.25, 0.3) is 0 Å². The van der Waals surface area contributed by atoms with Crippen molar-refractivity contribution in [3.63, 3.8) is 0 Å². The number of hydrogen-bond acceptors (Lipinski definition) is 3. The maximum absolute atomic E-state index is 5.54. The normalized spacial score (nSPS) is 13.4. The number of rotatable bonds is 5. The summed E-state index contributed by atoms with van der Waals surface area (Å²) in [7, 11) is 4.14. The van der Waals surface area contributed by atoms with E-state index in [2.05, 4.69) is 37.8 Å². The van der Waals surface area contributed by atoms with Gasteiger partial charge in [0.2, 0.25) is 0 Å². The predicted octanol–water partition coefficient (Wildman–Crippen LogP) is 1.38. The molecule has 2 N–H and O–H groups in total. The van der Waals surface area contributed by atoms with Gasteiger partial charge < -0.3 is 5.73 Å². The van der Waals surface area contributed by atoms with E-state index in [1.165, 1.54) is 11.3 Å². The van der Waals surface area contributed by atoms with Gasteiger partial charge in [-0.25, -0.2) is 0 Å². The van der Waals surface area contributed by atoms with E-state index in [9.17, 15) is 0 Å². The number of aromatic nitrogens is 2. The molecule has 4 heteroatoms.